The van der Waals surface area contributed by atoms with Gasteiger partial charge in [0.25, 0.3) is 0 Å². The molecule has 0 saturated carbocycles. The number of anilines is 3. The summed E-state index contributed by atoms with van der Waals surface area (Å²) >= 11 is 1.49. The maximum atomic E-state index is 13.6. The Bertz CT molecular complexity index is 1410. The van der Waals surface area contributed by atoms with E-state index in [-0.39, 0.29) is 11.3 Å². The predicted octanol–water partition coefficient (Wildman–Crippen LogP) is 5.70. The van der Waals surface area contributed by atoms with Crippen LogP contribution in [0.15, 0.2) is 77.7 Å². The Hall–Kier alpha value is -3.27. The molecule has 1 heterocycles. The van der Waals surface area contributed by atoms with Gasteiger partial charge in [-0.3, -0.25) is 9.59 Å². The van der Waals surface area contributed by atoms with Crippen molar-refractivity contribution in [2.24, 2.45) is 0 Å². The molecule has 0 spiro atoms. The van der Waals surface area contributed by atoms with Crippen LogP contribution in [0.1, 0.15) is 43.1 Å². The molecule has 0 radical (unpaired) electrons. The molecule has 1 saturated heterocycles. The minimum absolute atomic E-state index is 0.0635. The topological polar surface area (TPSA) is 81.8 Å². The lowest BCUT2D eigenvalue weighted by Crippen LogP contribution is -2.50. The lowest BCUT2D eigenvalue weighted by molar-refractivity contribution is -0.115. The van der Waals surface area contributed by atoms with Crippen LogP contribution >= 0.6 is 11.8 Å². The predicted molar refractivity (Wildman–Crippen MR) is 170 cm³/mol. The third-order valence-corrected chi connectivity index (χ3v) is 9.56. The number of thioether (sulfide) groups is 1. The second-order valence-corrected chi connectivity index (χ2v) is 14.0. The van der Waals surface area contributed by atoms with E-state index in [9.17, 15) is 13.8 Å². The highest BCUT2D eigenvalue weighted by Gasteiger charge is 2.24. The molecule has 212 valence electrons. The molecule has 2 N–H and O–H groups in total. The lowest BCUT2D eigenvalue weighted by atomic mass is 9.87. The number of para-hydroxylation sites is 1. The van der Waals surface area contributed by atoms with Crippen molar-refractivity contribution in [1.82, 2.24) is 4.31 Å². The molecule has 1 amide bonds. The number of nitrogens with zero attached hydrogens (tertiary/aromatic N) is 2. The third kappa shape index (κ3) is 7.90. The van der Waals surface area contributed by atoms with Crippen LogP contribution < -0.4 is 14.9 Å². The number of hydrogen-bond acceptors (Lipinski definition) is 5. The molecule has 9 heteroatoms. The smallest absolute Gasteiger partial charge is 0.225 e. The van der Waals surface area contributed by atoms with Crippen molar-refractivity contribution in [3.63, 3.8) is 0 Å². The van der Waals surface area contributed by atoms with Gasteiger partial charge in [-0.15, -0.1) is 11.8 Å². The Morgan fingerprint density at radius 1 is 1.00 bits per heavy atom. The van der Waals surface area contributed by atoms with Crippen LogP contribution in [0.2, 0.25) is 0 Å². The summed E-state index contributed by atoms with van der Waals surface area (Å²) in [7, 11) is -2.83. The monoisotopic (exact) mass is 578 g/mol. The molecule has 1 unspecified atom stereocenters. The molecule has 1 fully saturated rings. The molecule has 1 aliphatic rings. The highest BCUT2D eigenvalue weighted by Crippen LogP contribution is 2.28. The van der Waals surface area contributed by atoms with Gasteiger partial charge >= 0.3 is 0 Å². The number of benzene rings is 3. The second-order valence-electron chi connectivity index (χ2n) is 10.8. The fourth-order valence-electron chi connectivity index (χ4n) is 4.48. The van der Waals surface area contributed by atoms with Gasteiger partial charge in [0.15, 0.2) is 6.29 Å². The number of carbonyl (C=O) groups excluding carboxylic acids is 2. The summed E-state index contributed by atoms with van der Waals surface area (Å²) in [6.07, 6.45) is 1.10. The van der Waals surface area contributed by atoms with Crippen molar-refractivity contribution in [3.05, 3.63) is 83.9 Å². The Labute approximate surface area is 242 Å². The van der Waals surface area contributed by atoms with Crippen molar-refractivity contribution in [3.8, 4) is 0 Å². The van der Waals surface area contributed by atoms with Gasteiger partial charge in [-0.05, 0) is 59.3 Å². The zero-order chi connectivity index (χ0) is 28.8. The van der Waals surface area contributed by atoms with Crippen LogP contribution in [0.5, 0.6) is 0 Å². The Kier molecular flexibility index (Phi) is 9.60. The maximum Gasteiger partial charge on any atom is 0.225 e. The number of rotatable bonds is 10. The van der Waals surface area contributed by atoms with Crippen molar-refractivity contribution >= 4 is 56.8 Å². The molecular formula is C31H38N4O3S2. The summed E-state index contributed by atoms with van der Waals surface area (Å²) < 4.78 is 18.5. The zero-order valence-corrected chi connectivity index (χ0v) is 25.0. The molecule has 40 heavy (non-hydrogen) atoms. The van der Waals surface area contributed by atoms with E-state index >= 15 is 0 Å². The molecule has 1 aliphatic heterocycles. The average Bonchev–Trinajstić information content (AvgIpc) is 2.94. The molecule has 3 aromatic rings. The van der Waals surface area contributed by atoms with Gasteiger partial charge < -0.3 is 14.9 Å². The normalized spacial score (nSPS) is 15.7. The number of nitrogens with one attached hydrogen (secondary N) is 2. The number of piperazine rings is 1. The number of hydrogen-bond donors (Lipinski definition) is 2. The molecule has 4 rings (SSSR count). The van der Waals surface area contributed by atoms with Crippen LogP contribution in [0, 0.1) is 0 Å². The van der Waals surface area contributed by atoms with Crippen molar-refractivity contribution < 1.29 is 13.8 Å². The number of aldehydes is 1. The molecule has 7 nitrogen and oxygen atoms in total. The minimum atomic E-state index is -2.83. The largest absolute Gasteiger partial charge is 0.369 e. The number of amides is 1. The molecule has 1 atom stereocenters. The van der Waals surface area contributed by atoms with Gasteiger partial charge in [-0.25, -0.2) is 8.51 Å². The second kappa shape index (κ2) is 12.9. The first-order valence-electron chi connectivity index (χ1n) is 13.4. The Morgan fingerprint density at radius 3 is 2.30 bits per heavy atom. The van der Waals surface area contributed by atoms with E-state index in [0.29, 0.717) is 36.5 Å². The van der Waals surface area contributed by atoms with Crippen LogP contribution in [0.25, 0.3) is 0 Å². The van der Waals surface area contributed by atoms with E-state index in [0.717, 1.165) is 35.6 Å². The standard InChI is InChI=1S/C31H38N4O3S2/c1-31(2,3)25-10-12-27(13-11-25)34-17-19-35(20-18-34)40(4,38)33-29-15-14-28(22-24(29)23-36)39-21-16-30(37)32-26-8-6-5-7-9-26/h5-15,22-23H,4,16-21H2,1-3H3,(H,32,37)(H,33,38). The maximum absolute atomic E-state index is 13.6. The van der Waals surface area contributed by atoms with E-state index < -0.39 is 9.89 Å². The zero-order valence-electron chi connectivity index (χ0n) is 23.4. The molecule has 0 aliphatic carbocycles. The summed E-state index contributed by atoms with van der Waals surface area (Å²) in [5, 5.41) is 2.87. The van der Waals surface area contributed by atoms with Crippen LogP contribution in [0.4, 0.5) is 17.1 Å². The summed E-state index contributed by atoms with van der Waals surface area (Å²) in [5.41, 5.74) is 4.23. The van der Waals surface area contributed by atoms with Crippen molar-refractivity contribution in [1.29, 1.82) is 0 Å². The first-order valence-corrected chi connectivity index (χ1v) is 16.0. The van der Waals surface area contributed by atoms with Gasteiger partial charge in [0.2, 0.25) is 5.91 Å². The highest BCUT2D eigenvalue weighted by molar-refractivity contribution is 7.99. The lowest BCUT2D eigenvalue weighted by Gasteiger charge is -2.37. The van der Waals surface area contributed by atoms with Crippen LogP contribution in [-0.4, -0.2) is 58.5 Å². The van der Waals surface area contributed by atoms with Crippen LogP contribution in [-0.2, 0) is 20.1 Å². The molecule has 0 bridgehead atoms. The molecule has 0 aromatic heterocycles. The summed E-state index contributed by atoms with van der Waals surface area (Å²) in [4.78, 5) is 27.2. The first-order chi connectivity index (χ1) is 19.0. The molecular weight excluding hydrogens is 541 g/mol. The van der Waals surface area contributed by atoms with E-state index in [1.165, 1.54) is 17.3 Å². The van der Waals surface area contributed by atoms with E-state index in [2.05, 4.69) is 65.8 Å². The van der Waals surface area contributed by atoms with Crippen LogP contribution in [0.3, 0.4) is 0 Å². The minimum Gasteiger partial charge on any atom is -0.369 e. The van der Waals surface area contributed by atoms with Gasteiger partial charge in [-0.1, -0.05) is 51.1 Å². The Balaban J connectivity index is 1.30. The van der Waals surface area contributed by atoms with Gasteiger partial charge in [0, 0.05) is 60.2 Å². The number of carbonyl (C=O) groups is 2. The van der Waals surface area contributed by atoms with Gasteiger partial charge in [-0.2, -0.15) is 0 Å². The van der Waals surface area contributed by atoms with E-state index in [4.69, 9.17) is 0 Å². The third-order valence-electron chi connectivity index (χ3n) is 6.83. The fourth-order valence-corrected chi connectivity index (χ4v) is 6.79. The molecule has 3 aromatic carbocycles. The summed E-state index contributed by atoms with van der Waals surface area (Å²) in [6, 6.07) is 23.4. The van der Waals surface area contributed by atoms with Crippen molar-refractivity contribution in [2.75, 3.05) is 46.9 Å². The highest BCUT2D eigenvalue weighted by atomic mass is 32.2. The average molecular weight is 579 g/mol. The van der Waals surface area contributed by atoms with E-state index in [1.807, 2.05) is 40.7 Å². The SMILES string of the molecule is C=S(=O)(Nc1ccc(SCCC(=O)Nc2ccccc2)cc1C=O)N1CCN(c2ccc(C(C)(C)C)cc2)CC1. The van der Waals surface area contributed by atoms with Crippen molar-refractivity contribution in [2.45, 2.75) is 37.5 Å². The summed E-state index contributed by atoms with van der Waals surface area (Å²) in [6.45, 7) is 9.26. The van der Waals surface area contributed by atoms with Gasteiger partial charge in [0.1, 0.15) is 9.89 Å². The van der Waals surface area contributed by atoms with E-state index in [1.54, 1.807) is 12.1 Å². The quantitative estimate of drug-likeness (QED) is 0.183. The van der Waals surface area contributed by atoms with Gasteiger partial charge in [0.05, 0.1) is 5.69 Å². The first kappa shape index (κ1) is 29.7. The Morgan fingerprint density at radius 2 is 1.68 bits per heavy atom. The fraction of sp³-hybridized carbons (Fsp3) is 0.323. The summed E-state index contributed by atoms with van der Waals surface area (Å²) in [5.74, 6) is 4.49.